The molecule has 0 aromatic heterocycles. The summed E-state index contributed by atoms with van der Waals surface area (Å²) >= 11 is 0. The van der Waals surface area contributed by atoms with E-state index >= 15 is 0 Å². The third kappa shape index (κ3) is 1.40. The van der Waals surface area contributed by atoms with Crippen LogP contribution < -0.4 is 0 Å². The van der Waals surface area contributed by atoms with Crippen molar-refractivity contribution in [3.63, 3.8) is 0 Å². The number of allylic oxidation sites excluding steroid dienone is 4. The number of hydrogen-bond donors (Lipinski definition) is 0. The highest BCUT2D eigenvalue weighted by atomic mass is 14.5. The van der Waals surface area contributed by atoms with Crippen molar-refractivity contribution in [3.05, 3.63) is 84.0 Å². The number of fused-ring (bicyclic) bond motifs is 1. The van der Waals surface area contributed by atoms with Crippen molar-refractivity contribution < 1.29 is 0 Å². The largest absolute Gasteiger partial charge is 0.0833 e. The summed E-state index contributed by atoms with van der Waals surface area (Å²) in [6, 6.07) is 20.6. The summed E-state index contributed by atoms with van der Waals surface area (Å²) in [5, 5.41) is 8.42. The van der Waals surface area contributed by atoms with Crippen LogP contribution in [0.2, 0.25) is 0 Å². The molecule has 4 aromatic carbocycles. The highest BCUT2D eigenvalue weighted by Gasteiger charge is 2.44. The Morgan fingerprint density at radius 3 is 2.25 bits per heavy atom. The summed E-state index contributed by atoms with van der Waals surface area (Å²) in [5.74, 6) is 0. The van der Waals surface area contributed by atoms with Crippen molar-refractivity contribution in [2.45, 2.75) is 24.7 Å². The van der Waals surface area contributed by atoms with Gasteiger partial charge in [-0.2, -0.15) is 0 Å². The number of rotatable bonds is 1. The predicted octanol–water partition coefficient (Wildman–Crippen LogP) is 6.50. The second-order valence-corrected chi connectivity index (χ2v) is 7.38. The molecule has 0 heterocycles. The zero-order valence-electron chi connectivity index (χ0n) is 13.5. The van der Waals surface area contributed by atoms with E-state index in [0.29, 0.717) is 0 Å². The molecule has 1 saturated carbocycles. The first-order valence-corrected chi connectivity index (χ1v) is 8.90. The monoisotopic (exact) mass is 306 g/mol. The minimum absolute atomic E-state index is 0.261. The van der Waals surface area contributed by atoms with Gasteiger partial charge in [-0.05, 0) is 57.1 Å². The van der Waals surface area contributed by atoms with Gasteiger partial charge in [0.2, 0.25) is 0 Å². The van der Waals surface area contributed by atoms with Gasteiger partial charge < -0.3 is 0 Å². The lowest BCUT2D eigenvalue weighted by Crippen LogP contribution is -2.38. The Balaban J connectivity index is 1.78. The Hall–Kier alpha value is -2.60. The SMILES string of the molecule is C1=CCC2(c3ccc4ccc5cccc6ccc3c4c56)CCC2=C1. The first-order valence-electron chi connectivity index (χ1n) is 8.90. The molecule has 1 fully saturated rings. The number of benzene rings is 4. The molecule has 0 amide bonds. The summed E-state index contributed by atoms with van der Waals surface area (Å²) in [6.45, 7) is 0. The molecule has 114 valence electrons. The summed E-state index contributed by atoms with van der Waals surface area (Å²) in [7, 11) is 0. The van der Waals surface area contributed by atoms with E-state index in [9.17, 15) is 0 Å². The molecule has 4 aromatic rings. The maximum Gasteiger partial charge on any atom is 0.0208 e. The standard InChI is InChI=1S/C24H18/c1-2-14-24(15-13-19(24)6-1)21-12-10-18-8-7-16-4-3-5-17-9-11-20(21)23(18)22(16)17/h1-12H,13-15H2. The lowest BCUT2D eigenvalue weighted by molar-refractivity contribution is 0.361. The second-order valence-electron chi connectivity index (χ2n) is 7.38. The molecular weight excluding hydrogens is 288 g/mol. The molecule has 0 nitrogen and oxygen atoms in total. The minimum Gasteiger partial charge on any atom is -0.0833 e. The minimum atomic E-state index is 0.261. The first-order chi connectivity index (χ1) is 11.9. The van der Waals surface area contributed by atoms with Crippen LogP contribution in [-0.4, -0.2) is 0 Å². The molecule has 0 spiro atoms. The zero-order valence-corrected chi connectivity index (χ0v) is 13.5. The number of hydrogen-bond acceptors (Lipinski definition) is 0. The highest BCUT2D eigenvalue weighted by molar-refractivity contribution is 6.23. The molecular formula is C24H18. The van der Waals surface area contributed by atoms with Gasteiger partial charge in [-0.1, -0.05) is 78.4 Å². The van der Waals surface area contributed by atoms with E-state index < -0.39 is 0 Å². The molecule has 0 aliphatic heterocycles. The van der Waals surface area contributed by atoms with Gasteiger partial charge in [-0.15, -0.1) is 0 Å². The zero-order chi connectivity index (χ0) is 15.7. The van der Waals surface area contributed by atoms with Gasteiger partial charge in [-0.3, -0.25) is 0 Å². The van der Waals surface area contributed by atoms with Crippen molar-refractivity contribution in [1.29, 1.82) is 0 Å². The lowest BCUT2D eigenvalue weighted by Gasteiger charge is -2.47. The molecule has 1 unspecified atom stereocenters. The predicted molar refractivity (Wildman–Crippen MR) is 103 cm³/mol. The fraction of sp³-hybridized carbons (Fsp3) is 0.167. The van der Waals surface area contributed by atoms with Gasteiger partial charge in [0.05, 0.1) is 0 Å². The molecule has 0 bridgehead atoms. The van der Waals surface area contributed by atoms with Gasteiger partial charge in [0.15, 0.2) is 0 Å². The maximum atomic E-state index is 2.40. The third-order valence-corrected chi connectivity index (χ3v) is 6.38. The molecule has 0 saturated heterocycles. The van der Waals surface area contributed by atoms with Crippen LogP contribution in [0.4, 0.5) is 0 Å². The average molecular weight is 306 g/mol. The van der Waals surface area contributed by atoms with Crippen molar-refractivity contribution in [2.24, 2.45) is 0 Å². The maximum absolute atomic E-state index is 2.40. The van der Waals surface area contributed by atoms with E-state index in [1.165, 1.54) is 50.7 Å². The van der Waals surface area contributed by atoms with Gasteiger partial charge in [0, 0.05) is 5.41 Å². The van der Waals surface area contributed by atoms with E-state index in [4.69, 9.17) is 0 Å². The molecule has 1 atom stereocenters. The molecule has 0 heteroatoms. The van der Waals surface area contributed by atoms with Crippen LogP contribution in [0.3, 0.4) is 0 Å². The van der Waals surface area contributed by atoms with Gasteiger partial charge >= 0.3 is 0 Å². The Bertz CT molecular complexity index is 1160. The van der Waals surface area contributed by atoms with Crippen molar-refractivity contribution in [3.8, 4) is 0 Å². The van der Waals surface area contributed by atoms with Crippen LogP contribution in [0, 0.1) is 0 Å². The Labute approximate surface area is 141 Å². The molecule has 0 radical (unpaired) electrons. The quantitative estimate of drug-likeness (QED) is 0.352. The molecule has 2 aliphatic carbocycles. The van der Waals surface area contributed by atoms with Crippen molar-refractivity contribution >= 4 is 32.3 Å². The van der Waals surface area contributed by atoms with Crippen LogP contribution in [0.15, 0.2) is 78.4 Å². The summed E-state index contributed by atoms with van der Waals surface area (Å²) in [4.78, 5) is 0. The van der Waals surface area contributed by atoms with E-state index in [-0.39, 0.29) is 5.41 Å². The Morgan fingerprint density at radius 1 is 0.750 bits per heavy atom. The van der Waals surface area contributed by atoms with E-state index in [1.54, 1.807) is 5.57 Å². The molecule has 24 heavy (non-hydrogen) atoms. The van der Waals surface area contributed by atoms with Crippen molar-refractivity contribution in [2.75, 3.05) is 0 Å². The average Bonchev–Trinajstić information content (AvgIpc) is 2.61. The summed E-state index contributed by atoms with van der Waals surface area (Å²) in [5.41, 5.74) is 3.42. The Kier molecular flexibility index (Phi) is 2.27. The van der Waals surface area contributed by atoms with Gasteiger partial charge in [0.25, 0.3) is 0 Å². The van der Waals surface area contributed by atoms with Gasteiger partial charge in [0.1, 0.15) is 0 Å². The molecule has 2 aliphatic rings. The normalized spacial score (nSPS) is 22.8. The lowest BCUT2D eigenvalue weighted by atomic mass is 9.56. The van der Waals surface area contributed by atoms with Crippen LogP contribution in [0.1, 0.15) is 24.8 Å². The van der Waals surface area contributed by atoms with Crippen LogP contribution in [-0.2, 0) is 5.41 Å². The van der Waals surface area contributed by atoms with E-state index in [2.05, 4.69) is 72.8 Å². The molecule has 0 N–H and O–H groups in total. The first kappa shape index (κ1) is 12.8. The summed E-state index contributed by atoms with van der Waals surface area (Å²) in [6.07, 6.45) is 10.6. The third-order valence-electron chi connectivity index (χ3n) is 6.38. The fourth-order valence-corrected chi connectivity index (χ4v) is 5.07. The Morgan fingerprint density at radius 2 is 1.50 bits per heavy atom. The van der Waals surface area contributed by atoms with E-state index in [0.717, 1.165) is 6.42 Å². The fourth-order valence-electron chi connectivity index (χ4n) is 5.07. The summed E-state index contributed by atoms with van der Waals surface area (Å²) < 4.78 is 0. The topological polar surface area (TPSA) is 0 Å². The molecule has 6 rings (SSSR count). The van der Waals surface area contributed by atoms with Crippen LogP contribution in [0.5, 0.6) is 0 Å². The van der Waals surface area contributed by atoms with E-state index in [1.807, 2.05) is 0 Å². The smallest absolute Gasteiger partial charge is 0.0208 e. The van der Waals surface area contributed by atoms with Crippen molar-refractivity contribution in [1.82, 2.24) is 0 Å². The highest BCUT2D eigenvalue weighted by Crippen LogP contribution is 2.55. The second kappa shape index (κ2) is 4.27. The van der Waals surface area contributed by atoms with Crippen LogP contribution >= 0.6 is 0 Å². The van der Waals surface area contributed by atoms with Crippen LogP contribution in [0.25, 0.3) is 32.3 Å². The van der Waals surface area contributed by atoms with Gasteiger partial charge in [-0.25, -0.2) is 0 Å².